The zero-order valence-electron chi connectivity index (χ0n) is 18.4. The minimum absolute atomic E-state index is 0.0719. The summed E-state index contributed by atoms with van der Waals surface area (Å²) in [7, 11) is 0. The molecule has 0 spiro atoms. The van der Waals surface area contributed by atoms with E-state index in [4.69, 9.17) is 4.98 Å². The van der Waals surface area contributed by atoms with Crippen LogP contribution in [0.3, 0.4) is 0 Å². The van der Waals surface area contributed by atoms with Gasteiger partial charge in [-0.15, -0.1) is 0 Å². The number of hydrogen-bond acceptors (Lipinski definition) is 3. The number of hydrogen-bond donors (Lipinski definition) is 1. The number of amides is 2. The van der Waals surface area contributed by atoms with Crippen molar-refractivity contribution in [2.24, 2.45) is 0 Å². The van der Waals surface area contributed by atoms with E-state index >= 15 is 0 Å². The highest BCUT2D eigenvalue weighted by Gasteiger charge is 2.40. The molecule has 1 aliphatic heterocycles. The molecular formula is C27H26N4O2. The van der Waals surface area contributed by atoms with Crippen molar-refractivity contribution in [1.29, 1.82) is 0 Å². The molecule has 0 fully saturated rings. The quantitative estimate of drug-likeness (QED) is 0.454. The van der Waals surface area contributed by atoms with Crippen LogP contribution >= 0.6 is 0 Å². The van der Waals surface area contributed by atoms with Crippen LogP contribution in [0.4, 0.5) is 5.95 Å². The molecular weight excluding hydrogens is 412 g/mol. The van der Waals surface area contributed by atoms with Gasteiger partial charge in [-0.05, 0) is 36.1 Å². The monoisotopic (exact) mass is 438 g/mol. The van der Waals surface area contributed by atoms with Crippen molar-refractivity contribution in [1.82, 2.24) is 14.9 Å². The van der Waals surface area contributed by atoms with E-state index in [1.165, 1.54) is 5.56 Å². The lowest BCUT2D eigenvalue weighted by Crippen LogP contribution is -2.34. The number of carbonyl (C=O) groups excluding carboxylic acids is 2. The van der Waals surface area contributed by atoms with Gasteiger partial charge in [0.25, 0.3) is 5.91 Å². The topological polar surface area (TPSA) is 67.2 Å². The van der Waals surface area contributed by atoms with E-state index in [2.05, 4.69) is 17.4 Å². The summed E-state index contributed by atoms with van der Waals surface area (Å²) < 4.78 is 1.93. The Bertz CT molecular complexity index is 1270. The van der Waals surface area contributed by atoms with E-state index < -0.39 is 6.04 Å². The molecule has 0 saturated heterocycles. The maximum atomic E-state index is 13.4. The molecule has 6 nitrogen and oxygen atoms in total. The first-order valence-electron chi connectivity index (χ1n) is 11.3. The Morgan fingerprint density at radius 1 is 0.848 bits per heavy atom. The van der Waals surface area contributed by atoms with Crippen molar-refractivity contribution in [3.63, 3.8) is 0 Å². The van der Waals surface area contributed by atoms with E-state index in [1.54, 1.807) is 4.90 Å². The van der Waals surface area contributed by atoms with Crippen molar-refractivity contribution in [2.45, 2.75) is 25.3 Å². The maximum absolute atomic E-state index is 13.4. The van der Waals surface area contributed by atoms with Crippen LogP contribution in [0.2, 0.25) is 0 Å². The Hall–Kier alpha value is -3.93. The molecule has 0 bridgehead atoms. The number of fused-ring (bicyclic) bond motifs is 3. The fourth-order valence-electron chi connectivity index (χ4n) is 4.43. The Morgan fingerprint density at radius 3 is 2.21 bits per heavy atom. The molecule has 1 N–H and O–H groups in total. The zero-order chi connectivity index (χ0) is 22.6. The van der Waals surface area contributed by atoms with E-state index in [-0.39, 0.29) is 18.2 Å². The van der Waals surface area contributed by atoms with Crippen LogP contribution in [-0.4, -0.2) is 34.5 Å². The molecule has 166 valence electrons. The lowest BCUT2D eigenvalue weighted by molar-refractivity contribution is -0.127. The molecule has 6 heteroatoms. The molecule has 4 aromatic rings. The van der Waals surface area contributed by atoms with Crippen molar-refractivity contribution >= 4 is 28.8 Å². The molecule has 1 aliphatic rings. The average molecular weight is 439 g/mol. The van der Waals surface area contributed by atoms with Crippen molar-refractivity contribution < 1.29 is 9.59 Å². The largest absolute Gasteiger partial charge is 0.356 e. The summed E-state index contributed by atoms with van der Waals surface area (Å²) in [6.45, 7) is 1.07. The Labute approximate surface area is 192 Å². The zero-order valence-corrected chi connectivity index (χ0v) is 18.4. The first-order chi connectivity index (χ1) is 16.2. The van der Waals surface area contributed by atoms with Crippen LogP contribution in [0.5, 0.6) is 0 Å². The fourth-order valence-corrected chi connectivity index (χ4v) is 4.43. The summed E-state index contributed by atoms with van der Waals surface area (Å²) in [5, 5.41) is 2.98. The number of para-hydroxylation sites is 2. The van der Waals surface area contributed by atoms with Gasteiger partial charge < -0.3 is 5.32 Å². The smallest absolute Gasteiger partial charge is 0.253 e. The summed E-state index contributed by atoms with van der Waals surface area (Å²) in [4.78, 5) is 32.6. The number of carbonyl (C=O) groups is 2. The molecule has 2 heterocycles. The summed E-state index contributed by atoms with van der Waals surface area (Å²) in [5.74, 6) is 0.425. The summed E-state index contributed by atoms with van der Waals surface area (Å²) in [6.07, 6.45) is 1.59. The minimum Gasteiger partial charge on any atom is -0.356 e. The normalized spacial score (nSPS) is 15.1. The van der Waals surface area contributed by atoms with Crippen molar-refractivity contribution in [3.05, 3.63) is 96.1 Å². The van der Waals surface area contributed by atoms with Crippen LogP contribution in [0.1, 0.15) is 23.6 Å². The number of benzene rings is 3. The van der Waals surface area contributed by atoms with Gasteiger partial charge >= 0.3 is 0 Å². The minimum atomic E-state index is -0.583. The van der Waals surface area contributed by atoms with E-state index in [1.807, 2.05) is 77.4 Å². The van der Waals surface area contributed by atoms with Gasteiger partial charge in [0, 0.05) is 13.1 Å². The van der Waals surface area contributed by atoms with Gasteiger partial charge in [-0.3, -0.25) is 19.1 Å². The van der Waals surface area contributed by atoms with Crippen molar-refractivity contribution in [3.8, 4) is 0 Å². The van der Waals surface area contributed by atoms with E-state index in [0.29, 0.717) is 19.0 Å². The predicted octanol–water partition coefficient (Wildman–Crippen LogP) is 3.92. The van der Waals surface area contributed by atoms with Gasteiger partial charge in [-0.2, -0.15) is 0 Å². The lowest BCUT2D eigenvalue weighted by atomic mass is 10.1. The van der Waals surface area contributed by atoms with Gasteiger partial charge in [0.15, 0.2) is 0 Å². The van der Waals surface area contributed by atoms with Gasteiger partial charge in [0.2, 0.25) is 11.9 Å². The van der Waals surface area contributed by atoms with Crippen LogP contribution in [0.25, 0.3) is 11.0 Å². The van der Waals surface area contributed by atoms with E-state index in [0.717, 1.165) is 29.4 Å². The Kier molecular flexibility index (Phi) is 5.89. The molecule has 2 amide bonds. The second-order valence-electron chi connectivity index (χ2n) is 8.30. The van der Waals surface area contributed by atoms with Gasteiger partial charge in [0.05, 0.1) is 17.5 Å². The molecule has 3 aromatic carbocycles. The Balaban J connectivity index is 1.32. The third-order valence-electron chi connectivity index (χ3n) is 6.11. The summed E-state index contributed by atoms with van der Waals surface area (Å²) >= 11 is 0. The second-order valence-corrected chi connectivity index (χ2v) is 8.30. The van der Waals surface area contributed by atoms with Crippen LogP contribution in [0.15, 0.2) is 84.9 Å². The molecule has 5 rings (SSSR count). The molecule has 0 aliphatic carbocycles. The standard InChI is InChI=1S/C27H26N4O2/c32-25(28-17-15-20-9-3-1-4-10-20)19-24-26(33)30(18-16-21-11-5-2-6-12-21)27-29-22-13-7-8-14-23(22)31(24)27/h1-14,24H,15-19H2,(H,28,32). The fraction of sp³-hybridized carbons (Fsp3) is 0.222. The van der Waals surface area contributed by atoms with Gasteiger partial charge in [-0.25, -0.2) is 4.98 Å². The molecule has 1 aromatic heterocycles. The van der Waals surface area contributed by atoms with Crippen molar-refractivity contribution in [2.75, 3.05) is 18.0 Å². The highest BCUT2D eigenvalue weighted by atomic mass is 16.2. The van der Waals surface area contributed by atoms with Crippen LogP contribution in [-0.2, 0) is 22.4 Å². The number of imidazole rings is 1. The molecule has 0 radical (unpaired) electrons. The van der Waals surface area contributed by atoms with Crippen LogP contribution < -0.4 is 10.2 Å². The lowest BCUT2D eigenvalue weighted by Gasteiger charge is -2.16. The third kappa shape index (κ3) is 4.37. The summed E-state index contributed by atoms with van der Waals surface area (Å²) in [5.41, 5.74) is 4.05. The SMILES string of the molecule is O=C(CC1C(=O)N(CCc2ccccc2)c2nc3ccccc3n21)NCCc1ccccc1. The molecule has 33 heavy (non-hydrogen) atoms. The number of aromatic nitrogens is 2. The average Bonchev–Trinajstić information content (AvgIpc) is 3.34. The second kappa shape index (κ2) is 9.28. The van der Waals surface area contributed by atoms with Crippen LogP contribution in [0, 0.1) is 0 Å². The van der Waals surface area contributed by atoms with Gasteiger partial charge in [-0.1, -0.05) is 72.8 Å². The van der Waals surface area contributed by atoms with E-state index in [9.17, 15) is 9.59 Å². The Morgan fingerprint density at radius 2 is 1.48 bits per heavy atom. The first kappa shape index (κ1) is 20.9. The highest BCUT2D eigenvalue weighted by Crippen LogP contribution is 2.36. The predicted molar refractivity (Wildman–Crippen MR) is 129 cm³/mol. The molecule has 1 unspecified atom stereocenters. The summed E-state index contributed by atoms with van der Waals surface area (Å²) in [6, 6.07) is 27.3. The molecule has 0 saturated carbocycles. The number of nitrogens with one attached hydrogen (secondary N) is 1. The first-order valence-corrected chi connectivity index (χ1v) is 11.3. The maximum Gasteiger partial charge on any atom is 0.253 e. The van der Waals surface area contributed by atoms with Gasteiger partial charge in [0.1, 0.15) is 6.04 Å². The molecule has 1 atom stereocenters. The third-order valence-corrected chi connectivity index (χ3v) is 6.11. The number of rotatable bonds is 8. The number of anilines is 1. The highest BCUT2D eigenvalue weighted by molar-refractivity contribution is 6.03. The number of nitrogens with zero attached hydrogens (tertiary/aromatic N) is 3.